The Hall–Kier alpha value is -2.70. The van der Waals surface area contributed by atoms with Crippen LogP contribution in [0.3, 0.4) is 0 Å². The number of carbonyl (C=O) groups is 2. The van der Waals surface area contributed by atoms with E-state index in [2.05, 4.69) is 15.5 Å². The first kappa shape index (κ1) is 14.7. The van der Waals surface area contributed by atoms with Gasteiger partial charge in [-0.15, -0.1) is 10.2 Å². The summed E-state index contributed by atoms with van der Waals surface area (Å²) in [5, 5.41) is 19.1. The number of amides is 1. The van der Waals surface area contributed by atoms with Crippen molar-refractivity contribution in [3.8, 4) is 0 Å². The molecule has 1 atom stereocenters. The number of carboxylic acids is 1. The summed E-state index contributed by atoms with van der Waals surface area (Å²) >= 11 is 0. The van der Waals surface area contributed by atoms with Crippen molar-refractivity contribution in [2.75, 3.05) is 0 Å². The Balaban J connectivity index is 1.99. The van der Waals surface area contributed by atoms with E-state index in [0.717, 1.165) is 5.56 Å². The number of rotatable bonds is 6. The van der Waals surface area contributed by atoms with Crippen LogP contribution in [0.4, 0.5) is 0 Å². The Labute approximate surface area is 121 Å². The van der Waals surface area contributed by atoms with Crippen molar-refractivity contribution < 1.29 is 14.7 Å². The summed E-state index contributed by atoms with van der Waals surface area (Å²) in [6, 6.07) is 6.03. The maximum absolute atomic E-state index is 11.9. The molecular weight excluding hydrogens is 272 g/mol. The first-order valence-electron chi connectivity index (χ1n) is 6.47. The lowest BCUT2D eigenvalue weighted by Gasteiger charge is -2.15. The number of benzene rings is 1. The molecule has 1 heterocycles. The average molecular weight is 288 g/mol. The Kier molecular flexibility index (Phi) is 4.65. The van der Waals surface area contributed by atoms with Gasteiger partial charge in [0.05, 0.1) is 0 Å². The molecule has 7 heteroatoms. The second-order valence-corrected chi connectivity index (χ2v) is 4.70. The molecule has 2 rings (SSSR count). The Morgan fingerprint density at radius 1 is 1.33 bits per heavy atom. The van der Waals surface area contributed by atoms with Crippen molar-refractivity contribution in [1.82, 2.24) is 20.1 Å². The van der Waals surface area contributed by atoms with Crippen LogP contribution in [0.2, 0.25) is 0 Å². The molecule has 0 radical (unpaired) electrons. The van der Waals surface area contributed by atoms with Crippen molar-refractivity contribution in [1.29, 1.82) is 0 Å². The van der Waals surface area contributed by atoms with E-state index in [-0.39, 0.29) is 12.3 Å². The fourth-order valence-electron chi connectivity index (χ4n) is 1.94. The molecular formula is C14H16N4O3. The predicted molar refractivity (Wildman–Crippen MR) is 74.3 cm³/mol. The van der Waals surface area contributed by atoms with Gasteiger partial charge in [0.2, 0.25) is 5.91 Å². The Bertz CT molecular complexity index is 625. The minimum Gasteiger partial charge on any atom is -0.479 e. The minimum absolute atomic E-state index is 0.160. The van der Waals surface area contributed by atoms with Crippen LogP contribution < -0.4 is 5.32 Å². The molecule has 2 N–H and O–H groups in total. The summed E-state index contributed by atoms with van der Waals surface area (Å²) in [7, 11) is 0. The van der Waals surface area contributed by atoms with E-state index in [4.69, 9.17) is 0 Å². The molecule has 1 aromatic heterocycles. The maximum Gasteiger partial charge on any atom is 0.330 e. The van der Waals surface area contributed by atoms with Crippen molar-refractivity contribution >= 4 is 11.9 Å². The number of carboxylic acid groups (broad SMARTS) is 1. The highest BCUT2D eigenvalue weighted by Crippen LogP contribution is 2.15. The van der Waals surface area contributed by atoms with Gasteiger partial charge in [-0.1, -0.05) is 29.8 Å². The highest BCUT2D eigenvalue weighted by molar-refractivity contribution is 5.84. The van der Waals surface area contributed by atoms with Gasteiger partial charge < -0.3 is 15.0 Å². The summed E-state index contributed by atoms with van der Waals surface area (Å²) in [4.78, 5) is 23.2. The zero-order valence-electron chi connectivity index (χ0n) is 11.6. The normalized spacial score (nSPS) is 11.9. The smallest absolute Gasteiger partial charge is 0.330 e. The molecule has 110 valence electrons. The van der Waals surface area contributed by atoms with Crippen molar-refractivity contribution in [2.24, 2.45) is 0 Å². The van der Waals surface area contributed by atoms with E-state index >= 15 is 0 Å². The molecule has 0 unspecified atom stereocenters. The lowest BCUT2D eigenvalue weighted by atomic mass is 10.0. The molecule has 1 aromatic carbocycles. The molecule has 0 aliphatic heterocycles. The lowest BCUT2D eigenvalue weighted by molar-refractivity contribution is -0.142. The number of aromatic nitrogens is 3. The molecule has 7 nitrogen and oxygen atoms in total. The van der Waals surface area contributed by atoms with E-state index in [1.807, 2.05) is 13.0 Å². The van der Waals surface area contributed by atoms with Gasteiger partial charge in [-0.05, 0) is 12.5 Å². The number of hydrogen-bond acceptors (Lipinski definition) is 4. The fraction of sp³-hybridized carbons (Fsp3) is 0.286. The summed E-state index contributed by atoms with van der Waals surface area (Å²) in [6.45, 7) is 2.27. The molecule has 0 aliphatic carbocycles. The van der Waals surface area contributed by atoms with Crippen molar-refractivity contribution in [3.05, 3.63) is 48.0 Å². The van der Waals surface area contributed by atoms with Crippen molar-refractivity contribution in [2.45, 2.75) is 25.9 Å². The summed E-state index contributed by atoms with van der Waals surface area (Å²) in [6.07, 6.45) is 3.17. The largest absolute Gasteiger partial charge is 0.479 e. The molecule has 1 amide bonds. The quantitative estimate of drug-likeness (QED) is 0.823. The average Bonchev–Trinajstić information content (AvgIpc) is 2.95. The van der Waals surface area contributed by atoms with Crippen LogP contribution in [0.5, 0.6) is 0 Å². The third-order valence-electron chi connectivity index (χ3n) is 2.99. The molecule has 0 saturated heterocycles. The maximum atomic E-state index is 11.9. The first-order chi connectivity index (χ1) is 10.1. The standard InChI is InChI=1S/C14H16N4O3/c1-10-3-2-4-11(7-10)13(14(20)21)17-12(19)5-6-18-8-15-16-9-18/h2-4,7-9,13H,5-6H2,1H3,(H,17,19)(H,20,21)/t13-/m1/s1. The zero-order valence-corrected chi connectivity index (χ0v) is 11.6. The van der Waals surface area contributed by atoms with E-state index < -0.39 is 12.0 Å². The van der Waals surface area contributed by atoms with Crippen LogP contribution in [0.1, 0.15) is 23.6 Å². The Morgan fingerprint density at radius 3 is 2.67 bits per heavy atom. The van der Waals surface area contributed by atoms with Gasteiger partial charge in [0.15, 0.2) is 6.04 Å². The van der Waals surface area contributed by atoms with Crippen LogP contribution in [0.15, 0.2) is 36.9 Å². The van der Waals surface area contributed by atoms with Gasteiger partial charge in [-0.3, -0.25) is 4.79 Å². The van der Waals surface area contributed by atoms with E-state index in [0.29, 0.717) is 12.1 Å². The van der Waals surface area contributed by atoms with E-state index in [1.165, 1.54) is 12.7 Å². The lowest BCUT2D eigenvalue weighted by Crippen LogP contribution is -2.34. The first-order valence-corrected chi connectivity index (χ1v) is 6.47. The van der Waals surface area contributed by atoms with Gasteiger partial charge in [-0.25, -0.2) is 4.79 Å². The highest BCUT2D eigenvalue weighted by atomic mass is 16.4. The number of carbonyl (C=O) groups excluding carboxylic acids is 1. The number of aliphatic carboxylic acids is 1. The second kappa shape index (κ2) is 6.65. The van der Waals surface area contributed by atoms with E-state index in [9.17, 15) is 14.7 Å². The number of nitrogens with zero attached hydrogens (tertiary/aromatic N) is 3. The molecule has 21 heavy (non-hydrogen) atoms. The summed E-state index contributed by atoms with van der Waals surface area (Å²) in [5.74, 6) is -1.42. The van der Waals surface area contributed by atoms with Gasteiger partial charge in [0.1, 0.15) is 12.7 Å². The van der Waals surface area contributed by atoms with E-state index in [1.54, 1.807) is 22.8 Å². The van der Waals surface area contributed by atoms with Crippen LogP contribution in [0.25, 0.3) is 0 Å². The topological polar surface area (TPSA) is 97.1 Å². The van der Waals surface area contributed by atoms with Gasteiger partial charge >= 0.3 is 5.97 Å². The number of nitrogens with one attached hydrogen (secondary N) is 1. The summed E-state index contributed by atoms with van der Waals surface area (Å²) < 4.78 is 1.65. The third kappa shape index (κ3) is 4.13. The van der Waals surface area contributed by atoms with Crippen molar-refractivity contribution in [3.63, 3.8) is 0 Å². The molecule has 0 fully saturated rings. The molecule has 0 aliphatic rings. The SMILES string of the molecule is Cc1cccc([C@@H](NC(=O)CCn2cnnc2)C(=O)O)c1. The number of hydrogen-bond donors (Lipinski definition) is 2. The zero-order chi connectivity index (χ0) is 15.2. The molecule has 0 spiro atoms. The third-order valence-corrected chi connectivity index (χ3v) is 2.99. The Morgan fingerprint density at radius 2 is 2.05 bits per heavy atom. The van der Waals surface area contributed by atoms with Gasteiger partial charge in [0.25, 0.3) is 0 Å². The predicted octanol–water partition coefficient (Wildman–Crippen LogP) is 0.919. The van der Waals surface area contributed by atoms with Gasteiger partial charge in [-0.2, -0.15) is 0 Å². The molecule has 2 aromatic rings. The van der Waals surface area contributed by atoms with Crippen LogP contribution in [-0.4, -0.2) is 31.7 Å². The monoisotopic (exact) mass is 288 g/mol. The molecule has 0 saturated carbocycles. The fourth-order valence-corrected chi connectivity index (χ4v) is 1.94. The van der Waals surface area contributed by atoms with Crippen LogP contribution in [0, 0.1) is 6.92 Å². The van der Waals surface area contributed by atoms with Gasteiger partial charge in [0, 0.05) is 13.0 Å². The van der Waals surface area contributed by atoms with Crippen LogP contribution in [-0.2, 0) is 16.1 Å². The summed E-state index contributed by atoms with van der Waals surface area (Å²) in [5.41, 5.74) is 1.50. The van der Waals surface area contributed by atoms with Crippen LogP contribution >= 0.6 is 0 Å². The highest BCUT2D eigenvalue weighted by Gasteiger charge is 2.21. The minimum atomic E-state index is -1.08. The second-order valence-electron chi connectivity index (χ2n) is 4.70. The number of aryl methyl sites for hydroxylation is 2. The molecule has 0 bridgehead atoms.